The van der Waals surface area contributed by atoms with Crippen molar-refractivity contribution in [2.24, 2.45) is 0 Å². The highest BCUT2D eigenvalue weighted by molar-refractivity contribution is 9.10. The number of methoxy groups -OCH3 is 1. The zero-order chi connectivity index (χ0) is 24.3. The molecular weight excluding hydrogens is 499 g/mol. The molecule has 0 radical (unpaired) electrons. The Kier molecular flexibility index (Phi) is 9.24. The minimum atomic E-state index is -0.432. The molecule has 0 aliphatic rings. The molecular formula is C27H24BrFN2O3. The summed E-state index contributed by atoms with van der Waals surface area (Å²) in [4.78, 5) is 12.5. The van der Waals surface area contributed by atoms with Crippen LogP contribution in [0.1, 0.15) is 23.1 Å². The van der Waals surface area contributed by atoms with Gasteiger partial charge in [0.1, 0.15) is 24.1 Å². The molecule has 3 aromatic carbocycles. The highest BCUT2D eigenvalue weighted by Gasteiger charge is 2.13. The first kappa shape index (κ1) is 25.0. The average Bonchev–Trinajstić information content (AvgIpc) is 2.86. The Morgan fingerprint density at radius 3 is 2.50 bits per heavy atom. The molecule has 0 aromatic heterocycles. The molecule has 0 saturated heterocycles. The van der Waals surface area contributed by atoms with Crippen LogP contribution in [-0.2, 0) is 17.8 Å². The van der Waals surface area contributed by atoms with Gasteiger partial charge in [-0.05, 0) is 59.9 Å². The molecule has 174 valence electrons. The third kappa shape index (κ3) is 7.19. The number of rotatable bonds is 10. The topological polar surface area (TPSA) is 71.3 Å². The summed E-state index contributed by atoms with van der Waals surface area (Å²) < 4.78 is 25.0. The van der Waals surface area contributed by atoms with E-state index in [0.717, 1.165) is 18.4 Å². The molecule has 5 nitrogen and oxygen atoms in total. The van der Waals surface area contributed by atoms with Crippen molar-refractivity contribution in [2.45, 2.75) is 19.4 Å². The molecule has 0 fully saturated rings. The van der Waals surface area contributed by atoms with Crippen LogP contribution in [0.5, 0.6) is 11.5 Å². The van der Waals surface area contributed by atoms with E-state index in [-0.39, 0.29) is 18.0 Å². The third-order valence-electron chi connectivity index (χ3n) is 5.03. The van der Waals surface area contributed by atoms with Crippen LogP contribution in [0.3, 0.4) is 0 Å². The van der Waals surface area contributed by atoms with Crippen LogP contribution < -0.4 is 14.8 Å². The van der Waals surface area contributed by atoms with Gasteiger partial charge in [0.15, 0.2) is 11.5 Å². The second-order valence-corrected chi connectivity index (χ2v) is 8.31. The summed E-state index contributed by atoms with van der Waals surface area (Å²) >= 11 is 3.47. The molecule has 0 unspecified atom stereocenters. The van der Waals surface area contributed by atoms with Crippen molar-refractivity contribution in [1.82, 2.24) is 5.32 Å². The molecule has 0 aliphatic heterocycles. The fourth-order valence-corrected chi connectivity index (χ4v) is 3.65. The van der Waals surface area contributed by atoms with E-state index >= 15 is 0 Å². The van der Waals surface area contributed by atoms with E-state index in [1.54, 1.807) is 24.3 Å². The molecule has 1 amide bonds. The van der Waals surface area contributed by atoms with E-state index in [4.69, 9.17) is 9.47 Å². The van der Waals surface area contributed by atoms with E-state index < -0.39 is 5.91 Å². The Balaban J connectivity index is 1.65. The highest BCUT2D eigenvalue weighted by Crippen LogP contribution is 2.35. The number of aryl methyl sites for hydroxylation is 1. The first-order valence-corrected chi connectivity index (χ1v) is 11.5. The Morgan fingerprint density at radius 1 is 1.09 bits per heavy atom. The van der Waals surface area contributed by atoms with Gasteiger partial charge >= 0.3 is 0 Å². The molecule has 0 aliphatic carbocycles. The van der Waals surface area contributed by atoms with Gasteiger partial charge in [-0.25, -0.2) is 4.39 Å². The van der Waals surface area contributed by atoms with E-state index in [9.17, 15) is 14.4 Å². The monoisotopic (exact) mass is 522 g/mol. The van der Waals surface area contributed by atoms with Gasteiger partial charge in [0, 0.05) is 11.0 Å². The number of hydrogen-bond donors (Lipinski definition) is 1. The Hall–Kier alpha value is -3.63. The predicted octanol–water partition coefficient (Wildman–Crippen LogP) is 5.83. The lowest BCUT2D eigenvalue weighted by Crippen LogP contribution is -2.25. The molecule has 3 aromatic rings. The van der Waals surface area contributed by atoms with Crippen molar-refractivity contribution in [3.05, 3.63) is 99.3 Å². The molecule has 3 rings (SSSR count). The Morgan fingerprint density at radius 2 is 1.82 bits per heavy atom. The van der Waals surface area contributed by atoms with E-state index in [2.05, 4.69) is 21.2 Å². The number of hydrogen-bond acceptors (Lipinski definition) is 4. The Labute approximate surface area is 207 Å². The first-order valence-electron chi connectivity index (χ1n) is 10.7. The van der Waals surface area contributed by atoms with Crippen LogP contribution in [-0.4, -0.2) is 19.6 Å². The summed E-state index contributed by atoms with van der Waals surface area (Å²) in [6.45, 7) is 0.695. The molecule has 34 heavy (non-hydrogen) atoms. The first-order chi connectivity index (χ1) is 16.5. The van der Waals surface area contributed by atoms with Crippen LogP contribution in [0, 0.1) is 17.1 Å². The zero-order valence-electron chi connectivity index (χ0n) is 18.7. The van der Waals surface area contributed by atoms with Gasteiger partial charge in [-0.1, -0.05) is 58.4 Å². The van der Waals surface area contributed by atoms with E-state index in [1.807, 2.05) is 36.4 Å². The number of benzene rings is 3. The molecule has 0 heterocycles. The predicted molar refractivity (Wildman–Crippen MR) is 133 cm³/mol. The lowest BCUT2D eigenvalue weighted by atomic mass is 10.1. The normalized spacial score (nSPS) is 10.9. The maximum Gasteiger partial charge on any atom is 0.261 e. The maximum atomic E-state index is 13.1. The minimum absolute atomic E-state index is 0.0116. The van der Waals surface area contributed by atoms with Gasteiger partial charge in [0.2, 0.25) is 0 Å². The summed E-state index contributed by atoms with van der Waals surface area (Å²) in [6.07, 6.45) is 3.11. The number of nitrogens with one attached hydrogen (secondary N) is 1. The lowest BCUT2D eigenvalue weighted by Gasteiger charge is -2.13. The third-order valence-corrected chi connectivity index (χ3v) is 5.71. The standard InChI is InChI=1S/C27H24BrFN2O3/c1-33-25-15-21(24(28)16-26(25)34-18-20-9-11-23(29)12-10-20)14-22(17-30)27(32)31-13-5-8-19-6-3-2-4-7-19/h2-4,6-7,9-12,14-16H,5,8,13,18H2,1H3,(H,31,32)/b22-14-. The van der Waals surface area contributed by atoms with Crippen LogP contribution in [0.2, 0.25) is 0 Å². The summed E-state index contributed by atoms with van der Waals surface area (Å²) in [6, 6.07) is 21.4. The number of amides is 1. The van der Waals surface area contributed by atoms with Gasteiger partial charge in [-0.2, -0.15) is 5.26 Å². The van der Waals surface area contributed by atoms with E-state index in [0.29, 0.717) is 28.1 Å². The summed E-state index contributed by atoms with van der Waals surface area (Å²) in [7, 11) is 1.51. The highest BCUT2D eigenvalue weighted by atomic mass is 79.9. The van der Waals surface area contributed by atoms with Crippen molar-refractivity contribution in [2.75, 3.05) is 13.7 Å². The molecule has 0 saturated carbocycles. The lowest BCUT2D eigenvalue weighted by molar-refractivity contribution is -0.117. The van der Waals surface area contributed by atoms with Gasteiger partial charge in [0.25, 0.3) is 5.91 Å². The smallest absolute Gasteiger partial charge is 0.261 e. The van der Waals surface area contributed by atoms with Crippen LogP contribution in [0.25, 0.3) is 6.08 Å². The molecule has 7 heteroatoms. The van der Waals surface area contributed by atoms with Gasteiger partial charge < -0.3 is 14.8 Å². The number of carbonyl (C=O) groups is 1. The maximum absolute atomic E-state index is 13.1. The van der Waals surface area contributed by atoms with Crippen molar-refractivity contribution in [3.8, 4) is 17.6 Å². The van der Waals surface area contributed by atoms with Crippen LogP contribution in [0.4, 0.5) is 4.39 Å². The summed E-state index contributed by atoms with van der Waals surface area (Å²) in [5.41, 5.74) is 2.59. The number of carbonyl (C=O) groups excluding carboxylic acids is 1. The average molecular weight is 523 g/mol. The van der Waals surface area contributed by atoms with Crippen molar-refractivity contribution in [3.63, 3.8) is 0 Å². The SMILES string of the molecule is COc1cc(/C=C(/C#N)C(=O)NCCCc2ccccc2)c(Br)cc1OCc1ccc(F)cc1. The fourth-order valence-electron chi connectivity index (χ4n) is 3.21. The largest absolute Gasteiger partial charge is 0.493 e. The quantitative estimate of drug-likeness (QED) is 0.206. The number of halogens is 2. The molecule has 0 atom stereocenters. The number of nitriles is 1. The summed E-state index contributed by atoms with van der Waals surface area (Å²) in [5.74, 6) is 0.170. The Bertz CT molecular complexity index is 1190. The van der Waals surface area contributed by atoms with Gasteiger partial charge in [-0.3, -0.25) is 4.79 Å². The van der Waals surface area contributed by atoms with Crippen molar-refractivity contribution >= 4 is 27.9 Å². The number of nitrogens with zero attached hydrogens (tertiary/aromatic N) is 1. The molecule has 0 bridgehead atoms. The molecule has 1 N–H and O–H groups in total. The minimum Gasteiger partial charge on any atom is -0.493 e. The van der Waals surface area contributed by atoms with Crippen molar-refractivity contribution in [1.29, 1.82) is 5.26 Å². The second kappa shape index (κ2) is 12.6. The summed E-state index contributed by atoms with van der Waals surface area (Å²) in [5, 5.41) is 12.3. The van der Waals surface area contributed by atoms with E-state index in [1.165, 1.54) is 30.9 Å². The van der Waals surface area contributed by atoms with Gasteiger partial charge in [-0.15, -0.1) is 0 Å². The van der Waals surface area contributed by atoms with Crippen molar-refractivity contribution < 1.29 is 18.7 Å². The molecule has 0 spiro atoms. The van der Waals surface area contributed by atoms with Gasteiger partial charge in [0.05, 0.1) is 7.11 Å². The zero-order valence-corrected chi connectivity index (χ0v) is 20.3. The fraction of sp³-hybridized carbons (Fsp3) is 0.185. The number of ether oxygens (including phenoxy) is 2. The van der Waals surface area contributed by atoms with Crippen LogP contribution in [0.15, 0.2) is 76.8 Å². The second-order valence-electron chi connectivity index (χ2n) is 7.45. The van der Waals surface area contributed by atoms with Crippen LogP contribution >= 0.6 is 15.9 Å².